The van der Waals surface area contributed by atoms with Gasteiger partial charge in [-0.05, 0) is 54.8 Å². The third-order valence-corrected chi connectivity index (χ3v) is 5.33. The lowest BCUT2D eigenvalue weighted by Crippen LogP contribution is -2.48. The number of hydrogen-bond donors (Lipinski definition) is 1. The quantitative estimate of drug-likeness (QED) is 0.710. The van der Waals surface area contributed by atoms with Crippen LogP contribution in [0.15, 0.2) is 48.5 Å². The molecule has 1 heterocycles. The summed E-state index contributed by atoms with van der Waals surface area (Å²) in [6, 6.07) is 12.7. The number of carbonyl (C=O) groups is 2. The van der Waals surface area contributed by atoms with E-state index in [1.165, 1.54) is 12.1 Å². The second-order valence-corrected chi connectivity index (χ2v) is 7.25. The third kappa shape index (κ3) is 4.75. The molecule has 2 aromatic rings. The van der Waals surface area contributed by atoms with Gasteiger partial charge in [-0.3, -0.25) is 9.59 Å². The number of hydrogen-bond acceptors (Lipinski definition) is 3. The molecule has 154 valence electrons. The van der Waals surface area contributed by atoms with Crippen molar-refractivity contribution in [3.63, 3.8) is 0 Å². The van der Waals surface area contributed by atoms with Crippen LogP contribution < -0.4 is 15.0 Å². The van der Waals surface area contributed by atoms with Crippen LogP contribution in [0, 0.1) is 11.7 Å². The third-order valence-electron chi connectivity index (χ3n) is 5.33. The molecule has 1 N–H and O–H groups in total. The molecule has 29 heavy (non-hydrogen) atoms. The van der Waals surface area contributed by atoms with Crippen LogP contribution in [0.25, 0.3) is 0 Å². The van der Waals surface area contributed by atoms with Gasteiger partial charge in [-0.1, -0.05) is 25.5 Å². The minimum Gasteiger partial charge on any atom is -0.497 e. The van der Waals surface area contributed by atoms with Crippen molar-refractivity contribution in [1.29, 1.82) is 0 Å². The zero-order chi connectivity index (χ0) is 20.8. The number of unbranched alkanes of at least 4 members (excludes halogenated alkanes) is 1. The molecule has 0 spiro atoms. The minimum atomic E-state index is -0.494. The Hall–Kier alpha value is -2.89. The van der Waals surface area contributed by atoms with Gasteiger partial charge in [0.1, 0.15) is 11.6 Å². The van der Waals surface area contributed by atoms with Crippen molar-refractivity contribution in [3.8, 4) is 5.75 Å². The van der Waals surface area contributed by atoms with E-state index in [2.05, 4.69) is 12.2 Å². The maximum Gasteiger partial charge on any atom is 0.227 e. The Bertz CT molecular complexity index is 836. The number of carbonyl (C=O) groups excluding carboxylic acids is 2. The molecular weight excluding hydrogens is 371 g/mol. The molecule has 1 aliphatic rings. The fraction of sp³-hybridized carbons (Fsp3) is 0.391. The zero-order valence-electron chi connectivity index (χ0n) is 16.9. The fourth-order valence-corrected chi connectivity index (χ4v) is 3.78. The molecule has 0 saturated carbocycles. The van der Waals surface area contributed by atoms with Crippen molar-refractivity contribution < 1.29 is 18.7 Å². The number of nitrogens with zero attached hydrogens (tertiary/aromatic N) is 1. The standard InChI is InChI=1S/C23H27FN2O3/c1-3-4-15-25-23(28)20-13-14-21(27)26(18-9-11-19(29-2)12-10-18)22(20)16-5-7-17(24)8-6-16/h5-12,20,22H,3-4,13-15H2,1-2H3,(H,25,28)/t20-,22-/m1/s1. The van der Waals surface area contributed by atoms with Crippen LogP contribution >= 0.6 is 0 Å². The van der Waals surface area contributed by atoms with E-state index in [9.17, 15) is 14.0 Å². The summed E-state index contributed by atoms with van der Waals surface area (Å²) < 4.78 is 18.7. The number of ether oxygens (including phenoxy) is 1. The van der Waals surface area contributed by atoms with Gasteiger partial charge >= 0.3 is 0 Å². The number of anilines is 1. The lowest BCUT2D eigenvalue weighted by Gasteiger charge is -2.41. The second-order valence-electron chi connectivity index (χ2n) is 7.25. The molecule has 2 aromatic carbocycles. The van der Waals surface area contributed by atoms with Crippen molar-refractivity contribution in [2.24, 2.45) is 5.92 Å². The summed E-state index contributed by atoms with van der Waals surface area (Å²) in [5, 5.41) is 3.00. The van der Waals surface area contributed by atoms with Crippen molar-refractivity contribution in [3.05, 3.63) is 59.9 Å². The van der Waals surface area contributed by atoms with E-state index < -0.39 is 12.0 Å². The molecule has 0 aliphatic carbocycles. The van der Waals surface area contributed by atoms with Crippen LogP contribution in [0.2, 0.25) is 0 Å². The molecule has 6 heteroatoms. The molecule has 0 radical (unpaired) electrons. The predicted molar refractivity (Wildman–Crippen MR) is 110 cm³/mol. The largest absolute Gasteiger partial charge is 0.497 e. The van der Waals surface area contributed by atoms with E-state index in [1.54, 1.807) is 36.3 Å². The number of rotatable bonds is 7. The van der Waals surface area contributed by atoms with Crippen molar-refractivity contribution in [2.45, 2.75) is 38.6 Å². The Morgan fingerprint density at radius 2 is 1.86 bits per heavy atom. The molecule has 3 rings (SSSR count). The first-order valence-corrected chi connectivity index (χ1v) is 10.0. The highest BCUT2D eigenvalue weighted by Crippen LogP contribution is 2.40. The Balaban J connectivity index is 1.98. The van der Waals surface area contributed by atoms with E-state index in [0.29, 0.717) is 24.4 Å². The van der Waals surface area contributed by atoms with Crippen LogP contribution in [0.1, 0.15) is 44.2 Å². The number of amides is 2. The molecule has 2 atom stereocenters. The normalized spacial score (nSPS) is 19.1. The number of benzene rings is 2. The van der Waals surface area contributed by atoms with E-state index in [-0.39, 0.29) is 24.1 Å². The molecule has 0 bridgehead atoms. The summed E-state index contributed by atoms with van der Waals surface area (Å²) in [6.45, 7) is 2.68. The minimum absolute atomic E-state index is 0.0536. The smallest absolute Gasteiger partial charge is 0.227 e. The molecule has 2 amide bonds. The summed E-state index contributed by atoms with van der Waals surface area (Å²) in [5.74, 6) is -0.195. The molecule has 5 nitrogen and oxygen atoms in total. The Labute approximate surface area is 170 Å². The highest BCUT2D eigenvalue weighted by Gasteiger charge is 2.41. The molecule has 1 fully saturated rings. The maximum absolute atomic E-state index is 13.5. The van der Waals surface area contributed by atoms with Gasteiger partial charge in [0, 0.05) is 18.7 Å². The highest BCUT2D eigenvalue weighted by atomic mass is 19.1. The van der Waals surface area contributed by atoms with Crippen molar-refractivity contribution >= 4 is 17.5 Å². The maximum atomic E-state index is 13.5. The summed E-state index contributed by atoms with van der Waals surface area (Å²) in [6.07, 6.45) is 2.64. The zero-order valence-corrected chi connectivity index (χ0v) is 16.9. The first-order chi connectivity index (χ1) is 14.0. The van der Waals surface area contributed by atoms with E-state index in [1.807, 2.05) is 12.1 Å². The summed E-state index contributed by atoms with van der Waals surface area (Å²) in [4.78, 5) is 27.5. The first kappa shape index (κ1) is 20.8. The van der Waals surface area contributed by atoms with Crippen LogP contribution in [0.3, 0.4) is 0 Å². The lowest BCUT2D eigenvalue weighted by atomic mass is 9.83. The summed E-state index contributed by atoms with van der Waals surface area (Å²) in [5.41, 5.74) is 1.43. The van der Waals surface area contributed by atoms with Crippen molar-refractivity contribution in [1.82, 2.24) is 5.32 Å². The van der Waals surface area contributed by atoms with E-state index >= 15 is 0 Å². The molecule has 0 aromatic heterocycles. The lowest BCUT2D eigenvalue weighted by molar-refractivity contribution is -0.129. The Kier molecular flexibility index (Phi) is 6.86. The fourth-order valence-electron chi connectivity index (χ4n) is 3.78. The van der Waals surface area contributed by atoms with E-state index in [0.717, 1.165) is 18.4 Å². The topological polar surface area (TPSA) is 58.6 Å². The Morgan fingerprint density at radius 3 is 2.48 bits per heavy atom. The van der Waals surface area contributed by atoms with E-state index in [4.69, 9.17) is 4.74 Å². The van der Waals surface area contributed by atoms with Gasteiger partial charge in [0.05, 0.1) is 19.1 Å². The SMILES string of the molecule is CCCCNC(=O)[C@@H]1CCC(=O)N(c2ccc(OC)cc2)[C@@H]1c1ccc(F)cc1. The molecule has 0 unspecified atom stereocenters. The summed E-state index contributed by atoms with van der Waals surface area (Å²) >= 11 is 0. The van der Waals surface area contributed by atoms with Crippen LogP contribution in [-0.2, 0) is 9.59 Å². The van der Waals surface area contributed by atoms with Gasteiger partial charge in [0.25, 0.3) is 0 Å². The average Bonchev–Trinajstić information content (AvgIpc) is 2.74. The number of piperidine rings is 1. The van der Waals surface area contributed by atoms with Crippen LogP contribution in [0.5, 0.6) is 5.75 Å². The second kappa shape index (κ2) is 9.54. The number of nitrogens with one attached hydrogen (secondary N) is 1. The monoisotopic (exact) mass is 398 g/mol. The van der Waals surface area contributed by atoms with Gasteiger partial charge in [0.15, 0.2) is 0 Å². The number of methoxy groups -OCH3 is 1. The number of halogens is 1. The van der Waals surface area contributed by atoms with Gasteiger partial charge < -0.3 is 15.0 Å². The Morgan fingerprint density at radius 1 is 1.17 bits per heavy atom. The molecule has 1 saturated heterocycles. The van der Waals surface area contributed by atoms with Crippen LogP contribution in [-0.4, -0.2) is 25.5 Å². The van der Waals surface area contributed by atoms with Gasteiger partial charge in [0.2, 0.25) is 11.8 Å². The average molecular weight is 398 g/mol. The van der Waals surface area contributed by atoms with Crippen LogP contribution in [0.4, 0.5) is 10.1 Å². The summed E-state index contributed by atoms with van der Waals surface area (Å²) in [7, 11) is 1.58. The van der Waals surface area contributed by atoms with Gasteiger partial charge in [-0.2, -0.15) is 0 Å². The predicted octanol–water partition coefficient (Wildman–Crippen LogP) is 4.23. The van der Waals surface area contributed by atoms with Gasteiger partial charge in [-0.15, -0.1) is 0 Å². The highest BCUT2D eigenvalue weighted by molar-refractivity contribution is 5.97. The molecule has 1 aliphatic heterocycles. The molecular formula is C23H27FN2O3. The van der Waals surface area contributed by atoms with Gasteiger partial charge in [-0.25, -0.2) is 4.39 Å². The van der Waals surface area contributed by atoms with Crippen molar-refractivity contribution in [2.75, 3.05) is 18.6 Å². The first-order valence-electron chi connectivity index (χ1n) is 10.0.